The fourth-order valence-corrected chi connectivity index (χ4v) is 3.69. The molecule has 1 N–H and O–H groups in total. The van der Waals surface area contributed by atoms with Crippen LogP contribution in [0.5, 0.6) is 0 Å². The highest BCUT2D eigenvalue weighted by Crippen LogP contribution is 2.51. The summed E-state index contributed by atoms with van der Waals surface area (Å²) in [5.41, 5.74) is 0.393. The molecule has 1 spiro atoms. The van der Waals surface area contributed by atoms with Crippen molar-refractivity contribution in [2.75, 3.05) is 6.61 Å². The van der Waals surface area contributed by atoms with Crippen LogP contribution in [0.2, 0.25) is 5.02 Å². The van der Waals surface area contributed by atoms with Crippen LogP contribution in [0.3, 0.4) is 0 Å². The molecule has 5 heteroatoms. The number of nitrogens with one attached hydrogen (secondary N) is 1. The smallest absolute Gasteiger partial charge is 0.234 e. The highest BCUT2D eigenvalue weighted by molar-refractivity contribution is 6.30. The Bertz CT molecular complexity index is 574. The Kier molecular flexibility index (Phi) is 3.30. The van der Waals surface area contributed by atoms with Crippen molar-refractivity contribution in [2.24, 2.45) is 5.41 Å². The Morgan fingerprint density at radius 1 is 1.40 bits per heavy atom. The van der Waals surface area contributed by atoms with E-state index >= 15 is 0 Å². The molecule has 20 heavy (non-hydrogen) atoms. The minimum atomic E-state index is -0.454. The van der Waals surface area contributed by atoms with E-state index < -0.39 is 11.3 Å². The van der Waals surface area contributed by atoms with E-state index in [2.05, 4.69) is 5.32 Å². The number of imide groups is 1. The lowest BCUT2D eigenvalue weighted by Crippen LogP contribution is -2.53. The van der Waals surface area contributed by atoms with Crippen LogP contribution in [0.15, 0.2) is 24.3 Å². The largest absolute Gasteiger partial charge is 0.378 e. The zero-order chi connectivity index (χ0) is 14.3. The van der Waals surface area contributed by atoms with E-state index in [0.717, 1.165) is 5.56 Å². The SMILES string of the molecule is CC1OCCC12CC(=O)NC(=O)C2c1cccc(Cl)c1. The number of hydrogen-bond donors (Lipinski definition) is 1. The second-order valence-electron chi connectivity index (χ2n) is 5.57. The Morgan fingerprint density at radius 3 is 2.85 bits per heavy atom. The van der Waals surface area contributed by atoms with Gasteiger partial charge in [0.1, 0.15) is 0 Å². The quantitative estimate of drug-likeness (QED) is 0.808. The summed E-state index contributed by atoms with van der Waals surface area (Å²) in [5.74, 6) is -0.858. The zero-order valence-electron chi connectivity index (χ0n) is 11.2. The summed E-state index contributed by atoms with van der Waals surface area (Å²) < 4.78 is 5.66. The maximum atomic E-state index is 12.4. The zero-order valence-corrected chi connectivity index (χ0v) is 11.9. The molecule has 2 aliphatic rings. The number of carbonyl (C=O) groups excluding carboxylic acids is 2. The van der Waals surface area contributed by atoms with Crippen LogP contribution < -0.4 is 5.32 Å². The number of carbonyl (C=O) groups is 2. The van der Waals surface area contributed by atoms with E-state index in [1.807, 2.05) is 19.1 Å². The van der Waals surface area contributed by atoms with Crippen molar-refractivity contribution in [1.29, 1.82) is 0 Å². The fourth-order valence-electron chi connectivity index (χ4n) is 3.49. The third-order valence-electron chi connectivity index (χ3n) is 4.52. The Labute approximate surface area is 122 Å². The second kappa shape index (κ2) is 4.86. The van der Waals surface area contributed by atoms with E-state index in [1.165, 1.54) is 0 Å². The first-order valence-electron chi connectivity index (χ1n) is 6.74. The molecule has 2 amide bonds. The number of piperidine rings is 1. The van der Waals surface area contributed by atoms with Gasteiger partial charge in [0.2, 0.25) is 11.8 Å². The van der Waals surface area contributed by atoms with Gasteiger partial charge in [-0.15, -0.1) is 0 Å². The molecule has 1 aromatic carbocycles. The Hall–Kier alpha value is -1.39. The number of rotatable bonds is 1. The van der Waals surface area contributed by atoms with Crippen LogP contribution in [0.1, 0.15) is 31.2 Å². The Balaban J connectivity index is 2.09. The van der Waals surface area contributed by atoms with E-state index in [4.69, 9.17) is 16.3 Å². The topological polar surface area (TPSA) is 55.4 Å². The highest BCUT2D eigenvalue weighted by Gasteiger charge is 2.55. The highest BCUT2D eigenvalue weighted by atomic mass is 35.5. The molecule has 3 unspecified atom stereocenters. The molecule has 0 aromatic heterocycles. The number of amides is 2. The summed E-state index contributed by atoms with van der Waals surface area (Å²) in [6, 6.07) is 7.29. The molecule has 2 heterocycles. The van der Waals surface area contributed by atoms with E-state index in [9.17, 15) is 9.59 Å². The van der Waals surface area contributed by atoms with Gasteiger partial charge in [-0.2, -0.15) is 0 Å². The molecule has 106 valence electrons. The van der Waals surface area contributed by atoms with Crippen LogP contribution >= 0.6 is 11.6 Å². The van der Waals surface area contributed by atoms with Gasteiger partial charge in [-0.05, 0) is 31.0 Å². The van der Waals surface area contributed by atoms with Crippen molar-refractivity contribution in [2.45, 2.75) is 31.8 Å². The summed E-state index contributed by atoms with van der Waals surface area (Å²) >= 11 is 6.04. The van der Waals surface area contributed by atoms with Crippen LogP contribution in [-0.2, 0) is 14.3 Å². The first kappa shape index (κ1) is 13.6. The minimum absolute atomic E-state index is 0.124. The number of benzene rings is 1. The first-order valence-corrected chi connectivity index (χ1v) is 7.11. The third kappa shape index (κ3) is 2.03. The van der Waals surface area contributed by atoms with E-state index in [-0.39, 0.29) is 17.9 Å². The second-order valence-corrected chi connectivity index (χ2v) is 6.01. The molecule has 0 aliphatic carbocycles. The summed E-state index contributed by atoms with van der Waals surface area (Å²) in [7, 11) is 0. The van der Waals surface area contributed by atoms with Gasteiger partial charge >= 0.3 is 0 Å². The van der Waals surface area contributed by atoms with Gasteiger partial charge < -0.3 is 4.74 Å². The van der Waals surface area contributed by atoms with Gasteiger partial charge in [0.25, 0.3) is 0 Å². The van der Waals surface area contributed by atoms with Crippen LogP contribution in [0.4, 0.5) is 0 Å². The molecule has 0 bridgehead atoms. The van der Waals surface area contributed by atoms with Crippen molar-refractivity contribution in [3.8, 4) is 0 Å². The summed E-state index contributed by atoms with van der Waals surface area (Å²) in [5, 5.41) is 3.03. The average Bonchev–Trinajstić information content (AvgIpc) is 2.70. The van der Waals surface area contributed by atoms with Gasteiger partial charge in [0.05, 0.1) is 12.0 Å². The van der Waals surface area contributed by atoms with Crippen molar-refractivity contribution < 1.29 is 14.3 Å². The maximum absolute atomic E-state index is 12.4. The fraction of sp³-hybridized carbons (Fsp3) is 0.467. The van der Waals surface area contributed by atoms with E-state index in [1.54, 1.807) is 12.1 Å². The number of ether oxygens (including phenoxy) is 1. The van der Waals surface area contributed by atoms with E-state index in [0.29, 0.717) is 24.5 Å². The normalized spacial score (nSPS) is 33.5. The molecular formula is C15H16ClNO3. The number of halogens is 1. The lowest BCUT2D eigenvalue weighted by Gasteiger charge is -2.41. The molecular weight excluding hydrogens is 278 g/mol. The van der Waals surface area contributed by atoms with Gasteiger partial charge in [0, 0.05) is 23.5 Å². The predicted octanol–water partition coefficient (Wildman–Crippen LogP) is 2.27. The van der Waals surface area contributed by atoms with Crippen LogP contribution in [0.25, 0.3) is 0 Å². The molecule has 2 fully saturated rings. The summed E-state index contributed by atoms with van der Waals surface area (Å²) in [4.78, 5) is 24.2. The third-order valence-corrected chi connectivity index (χ3v) is 4.75. The Morgan fingerprint density at radius 2 is 2.20 bits per heavy atom. The summed E-state index contributed by atoms with van der Waals surface area (Å²) in [6.07, 6.45) is 0.906. The minimum Gasteiger partial charge on any atom is -0.378 e. The predicted molar refractivity (Wildman–Crippen MR) is 74.4 cm³/mol. The molecule has 0 saturated carbocycles. The molecule has 4 nitrogen and oxygen atoms in total. The molecule has 3 atom stereocenters. The molecule has 0 radical (unpaired) electrons. The van der Waals surface area contributed by atoms with Crippen LogP contribution in [0, 0.1) is 5.41 Å². The average molecular weight is 294 g/mol. The van der Waals surface area contributed by atoms with Gasteiger partial charge in [-0.1, -0.05) is 23.7 Å². The van der Waals surface area contributed by atoms with Gasteiger partial charge in [-0.3, -0.25) is 14.9 Å². The molecule has 2 aliphatic heterocycles. The van der Waals surface area contributed by atoms with Crippen molar-refractivity contribution >= 4 is 23.4 Å². The molecule has 1 aromatic rings. The van der Waals surface area contributed by atoms with Crippen molar-refractivity contribution in [1.82, 2.24) is 5.32 Å². The summed E-state index contributed by atoms with van der Waals surface area (Å²) in [6.45, 7) is 2.52. The van der Waals surface area contributed by atoms with Gasteiger partial charge in [-0.25, -0.2) is 0 Å². The molecule has 3 rings (SSSR count). The monoisotopic (exact) mass is 293 g/mol. The maximum Gasteiger partial charge on any atom is 0.234 e. The lowest BCUT2D eigenvalue weighted by molar-refractivity contribution is -0.142. The van der Waals surface area contributed by atoms with Crippen molar-refractivity contribution in [3.63, 3.8) is 0 Å². The lowest BCUT2D eigenvalue weighted by atomic mass is 9.63. The first-order chi connectivity index (χ1) is 9.53. The van der Waals surface area contributed by atoms with Gasteiger partial charge in [0.15, 0.2) is 0 Å². The molecule has 2 saturated heterocycles. The van der Waals surface area contributed by atoms with Crippen LogP contribution in [-0.4, -0.2) is 24.5 Å². The number of hydrogen-bond acceptors (Lipinski definition) is 3. The van der Waals surface area contributed by atoms with Crippen molar-refractivity contribution in [3.05, 3.63) is 34.9 Å². The standard InChI is InChI=1S/C15H16ClNO3/c1-9-15(5-6-20-9)8-12(18)17-14(19)13(15)10-3-2-4-11(16)7-10/h2-4,7,9,13H,5-6,8H2,1H3,(H,17,18,19).